The first kappa shape index (κ1) is 15.5. The van der Waals surface area contributed by atoms with Gasteiger partial charge in [-0.05, 0) is 42.5 Å². The fourth-order valence-electron chi connectivity index (χ4n) is 2.12. The topological polar surface area (TPSA) is 48.1 Å². The molecule has 0 saturated carbocycles. The molecule has 2 N–H and O–H groups in total. The summed E-state index contributed by atoms with van der Waals surface area (Å²) in [5.74, 6) is 1.36. The van der Waals surface area contributed by atoms with Crippen molar-refractivity contribution < 1.29 is 4.74 Å². The quantitative estimate of drug-likeness (QED) is 0.874. The normalized spacial score (nSPS) is 13.0. The van der Waals surface area contributed by atoms with E-state index in [1.807, 2.05) is 31.2 Å². The fourth-order valence-corrected chi connectivity index (χ4v) is 2.12. The Kier molecular flexibility index (Phi) is 4.63. The summed E-state index contributed by atoms with van der Waals surface area (Å²) in [6, 6.07) is 11.9. The summed E-state index contributed by atoms with van der Waals surface area (Å²) in [4.78, 5) is 4.28. The van der Waals surface area contributed by atoms with E-state index in [2.05, 4.69) is 37.9 Å². The van der Waals surface area contributed by atoms with E-state index >= 15 is 0 Å². The van der Waals surface area contributed by atoms with E-state index in [0.29, 0.717) is 5.88 Å². The number of nitrogens with zero attached hydrogens (tertiary/aromatic N) is 1. The summed E-state index contributed by atoms with van der Waals surface area (Å²) >= 11 is 0. The van der Waals surface area contributed by atoms with Crippen molar-refractivity contribution >= 4 is 0 Å². The van der Waals surface area contributed by atoms with Crippen LogP contribution in [0.5, 0.6) is 11.6 Å². The SMILES string of the molecule is CCC(C)(C)c1ccc(Oc2ncccc2[C@H](C)N)cc1. The molecule has 21 heavy (non-hydrogen) atoms. The van der Waals surface area contributed by atoms with Crippen LogP contribution >= 0.6 is 0 Å². The molecule has 0 fully saturated rings. The molecule has 1 heterocycles. The number of nitrogens with two attached hydrogens (primary N) is 1. The molecule has 0 unspecified atom stereocenters. The van der Waals surface area contributed by atoms with Crippen molar-refractivity contribution in [2.45, 2.75) is 45.6 Å². The van der Waals surface area contributed by atoms with Gasteiger partial charge in [-0.15, -0.1) is 0 Å². The van der Waals surface area contributed by atoms with E-state index in [1.54, 1.807) is 6.20 Å². The first-order valence-corrected chi connectivity index (χ1v) is 7.43. The summed E-state index contributed by atoms with van der Waals surface area (Å²) in [7, 11) is 0. The zero-order chi connectivity index (χ0) is 15.5. The van der Waals surface area contributed by atoms with Gasteiger partial charge in [0, 0.05) is 17.8 Å². The molecule has 2 rings (SSSR count). The van der Waals surface area contributed by atoms with Crippen LogP contribution in [0.4, 0.5) is 0 Å². The smallest absolute Gasteiger partial charge is 0.223 e. The molecular formula is C18H24N2O. The molecule has 112 valence electrons. The predicted octanol–water partition coefficient (Wildman–Crippen LogP) is 4.58. The van der Waals surface area contributed by atoms with Crippen LogP contribution in [-0.2, 0) is 5.41 Å². The molecule has 0 amide bonds. The van der Waals surface area contributed by atoms with Crippen LogP contribution in [0.2, 0.25) is 0 Å². The van der Waals surface area contributed by atoms with Gasteiger partial charge in [-0.25, -0.2) is 4.98 Å². The van der Waals surface area contributed by atoms with Crippen LogP contribution in [-0.4, -0.2) is 4.98 Å². The maximum atomic E-state index is 5.95. The van der Waals surface area contributed by atoms with Gasteiger partial charge in [0.15, 0.2) is 0 Å². The lowest BCUT2D eigenvalue weighted by Gasteiger charge is -2.23. The minimum Gasteiger partial charge on any atom is -0.439 e. The average molecular weight is 284 g/mol. The standard InChI is InChI=1S/C18H24N2O/c1-5-18(3,4)14-8-10-15(11-9-14)21-17-16(13(2)19)7-6-12-20-17/h6-13H,5,19H2,1-4H3/t13-/m0/s1. The molecule has 0 aliphatic rings. The van der Waals surface area contributed by atoms with Crippen molar-refractivity contribution in [2.75, 3.05) is 0 Å². The van der Waals surface area contributed by atoms with Gasteiger partial charge in [-0.3, -0.25) is 0 Å². The van der Waals surface area contributed by atoms with Crippen molar-refractivity contribution in [2.24, 2.45) is 5.73 Å². The van der Waals surface area contributed by atoms with Crippen LogP contribution in [0.3, 0.4) is 0 Å². The van der Waals surface area contributed by atoms with Crippen LogP contribution in [0.15, 0.2) is 42.6 Å². The number of hydrogen-bond donors (Lipinski definition) is 1. The van der Waals surface area contributed by atoms with Gasteiger partial charge in [0.25, 0.3) is 0 Å². The van der Waals surface area contributed by atoms with Crippen molar-refractivity contribution in [3.63, 3.8) is 0 Å². The van der Waals surface area contributed by atoms with Gasteiger partial charge >= 0.3 is 0 Å². The highest BCUT2D eigenvalue weighted by atomic mass is 16.5. The molecule has 1 aromatic carbocycles. The summed E-state index contributed by atoms with van der Waals surface area (Å²) in [6.07, 6.45) is 2.82. The first-order valence-electron chi connectivity index (χ1n) is 7.43. The third-order valence-corrected chi connectivity index (χ3v) is 4.03. The number of aromatic nitrogens is 1. The third kappa shape index (κ3) is 3.61. The second kappa shape index (κ2) is 6.27. The van der Waals surface area contributed by atoms with E-state index in [-0.39, 0.29) is 11.5 Å². The maximum absolute atomic E-state index is 5.95. The van der Waals surface area contributed by atoms with Crippen LogP contribution in [0.1, 0.15) is 51.3 Å². The maximum Gasteiger partial charge on any atom is 0.223 e. The first-order chi connectivity index (χ1) is 9.94. The third-order valence-electron chi connectivity index (χ3n) is 4.03. The van der Waals surface area contributed by atoms with Gasteiger partial charge in [0.2, 0.25) is 5.88 Å². The second-order valence-electron chi connectivity index (χ2n) is 6.05. The zero-order valence-corrected chi connectivity index (χ0v) is 13.3. The lowest BCUT2D eigenvalue weighted by atomic mass is 9.82. The minimum atomic E-state index is -0.105. The molecule has 0 bridgehead atoms. The molecule has 1 atom stereocenters. The van der Waals surface area contributed by atoms with Crippen LogP contribution < -0.4 is 10.5 Å². The van der Waals surface area contributed by atoms with Crippen molar-refractivity contribution in [1.82, 2.24) is 4.98 Å². The molecule has 0 spiro atoms. The van der Waals surface area contributed by atoms with Gasteiger partial charge in [-0.2, -0.15) is 0 Å². The Bertz CT molecular complexity index is 588. The highest BCUT2D eigenvalue weighted by Crippen LogP contribution is 2.30. The summed E-state index contributed by atoms with van der Waals surface area (Å²) in [5.41, 5.74) is 8.35. The van der Waals surface area contributed by atoms with E-state index < -0.39 is 0 Å². The zero-order valence-electron chi connectivity index (χ0n) is 13.3. The highest BCUT2D eigenvalue weighted by molar-refractivity contribution is 5.36. The monoisotopic (exact) mass is 284 g/mol. The van der Waals surface area contributed by atoms with Crippen molar-refractivity contribution in [1.29, 1.82) is 0 Å². The summed E-state index contributed by atoms with van der Waals surface area (Å²) in [6.45, 7) is 8.62. The van der Waals surface area contributed by atoms with Crippen LogP contribution in [0, 0.1) is 0 Å². The second-order valence-corrected chi connectivity index (χ2v) is 6.05. The van der Waals surface area contributed by atoms with E-state index in [0.717, 1.165) is 17.7 Å². The van der Waals surface area contributed by atoms with Gasteiger partial charge in [0.05, 0.1) is 0 Å². The van der Waals surface area contributed by atoms with E-state index in [1.165, 1.54) is 5.56 Å². The highest BCUT2D eigenvalue weighted by Gasteiger charge is 2.18. The molecule has 1 aromatic heterocycles. The fraction of sp³-hybridized carbons (Fsp3) is 0.389. The Morgan fingerprint density at radius 2 is 1.86 bits per heavy atom. The lowest BCUT2D eigenvalue weighted by molar-refractivity contribution is 0.450. The number of pyridine rings is 1. The number of hydrogen-bond acceptors (Lipinski definition) is 3. The Morgan fingerprint density at radius 1 is 1.19 bits per heavy atom. The number of ether oxygens (including phenoxy) is 1. The van der Waals surface area contributed by atoms with Gasteiger partial charge in [0.1, 0.15) is 5.75 Å². The minimum absolute atomic E-state index is 0.105. The van der Waals surface area contributed by atoms with Crippen molar-refractivity contribution in [3.8, 4) is 11.6 Å². The Morgan fingerprint density at radius 3 is 2.43 bits per heavy atom. The molecular weight excluding hydrogens is 260 g/mol. The molecule has 3 nitrogen and oxygen atoms in total. The number of rotatable bonds is 5. The summed E-state index contributed by atoms with van der Waals surface area (Å²) < 4.78 is 5.88. The van der Waals surface area contributed by atoms with Crippen LogP contribution in [0.25, 0.3) is 0 Å². The largest absolute Gasteiger partial charge is 0.439 e. The number of benzene rings is 1. The van der Waals surface area contributed by atoms with E-state index in [4.69, 9.17) is 10.5 Å². The van der Waals surface area contributed by atoms with E-state index in [9.17, 15) is 0 Å². The Labute approximate surface area is 127 Å². The molecule has 3 heteroatoms. The average Bonchev–Trinajstić information content (AvgIpc) is 2.48. The van der Waals surface area contributed by atoms with Crippen molar-refractivity contribution in [3.05, 3.63) is 53.7 Å². The molecule has 0 aliphatic heterocycles. The molecule has 0 radical (unpaired) electrons. The predicted molar refractivity (Wildman–Crippen MR) is 86.7 cm³/mol. The summed E-state index contributed by atoms with van der Waals surface area (Å²) in [5, 5.41) is 0. The van der Waals surface area contributed by atoms with Gasteiger partial charge < -0.3 is 10.5 Å². The Hall–Kier alpha value is -1.87. The van der Waals surface area contributed by atoms with Gasteiger partial charge in [-0.1, -0.05) is 39.0 Å². The Balaban J connectivity index is 2.22. The lowest BCUT2D eigenvalue weighted by Crippen LogP contribution is -2.15. The molecule has 0 saturated heterocycles. The molecule has 0 aliphatic carbocycles. The molecule has 2 aromatic rings.